The molecule has 1 saturated heterocycles. The molecule has 0 saturated carbocycles. The van der Waals surface area contributed by atoms with E-state index in [1.165, 1.54) is 0 Å². The molecular formula is C15H21BrN4O2. The van der Waals surface area contributed by atoms with Crippen molar-refractivity contribution in [3.8, 4) is 0 Å². The molecule has 2 amide bonds. The van der Waals surface area contributed by atoms with Crippen LogP contribution in [-0.4, -0.2) is 41.3 Å². The number of carbonyl (C=O) groups excluding carboxylic acids is 2. The first-order valence-electron chi connectivity index (χ1n) is 7.42. The normalized spacial score (nSPS) is 19.6. The lowest BCUT2D eigenvalue weighted by molar-refractivity contribution is -0.137. The molecule has 1 fully saturated rings. The Hall–Kier alpha value is -1.47. The predicted molar refractivity (Wildman–Crippen MR) is 88.1 cm³/mol. The number of nitrogens with zero attached hydrogens (tertiary/aromatic N) is 2. The van der Waals surface area contributed by atoms with Crippen LogP contribution in [-0.2, 0) is 9.59 Å². The molecule has 1 aromatic rings. The van der Waals surface area contributed by atoms with E-state index in [9.17, 15) is 9.59 Å². The lowest BCUT2D eigenvalue weighted by atomic mass is 9.96. The van der Waals surface area contributed by atoms with Gasteiger partial charge in [-0.05, 0) is 40.9 Å². The van der Waals surface area contributed by atoms with E-state index in [1.807, 2.05) is 13.0 Å². The molecule has 0 bridgehead atoms. The molecule has 0 spiro atoms. The van der Waals surface area contributed by atoms with Gasteiger partial charge in [-0.1, -0.05) is 6.92 Å². The number of anilines is 1. The lowest BCUT2D eigenvalue weighted by Crippen LogP contribution is -2.46. The van der Waals surface area contributed by atoms with E-state index in [0.29, 0.717) is 25.5 Å². The summed E-state index contributed by atoms with van der Waals surface area (Å²) in [6.07, 6.45) is 3.24. The maximum atomic E-state index is 12.3. The number of hydrogen-bond acceptors (Lipinski definition) is 4. The van der Waals surface area contributed by atoms with Crippen LogP contribution in [0.1, 0.15) is 19.8 Å². The third kappa shape index (κ3) is 4.27. The lowest BCUT2D eigenvalue weighted by Gasteiger charge is -2.33. The number of halogens is 1. The summed E-state index contributed by atoms with van der Waals surface area (Å²) in [6, 6.07) is 3.56. The van der Waals surface area contributed by atoms with E-state index >= 15 is 0 Å². The molecule has 0 aromatic carbocycles. The maximum Gasteiger partial charge on any atom is 0.230 e. The van der Waals surface area contributed by atoms with Gasteiger partial charge in [0.15, 0.2) is 0 Å². The third-order valence-corrected chi connectivity index (χ3v) is 4.33. The van der Waals surface area contributed by atoms with Crippen LogP contribution in [0.25, 0.3) is 0 Å². The number of piperidine rings is 1. The number of amides is 2. The summed E-state index contributed by atoms with van der Waals surface area (Å²) in [4.78, 5) is 30.4. The van der Waals surface area contributed by atoms with Crippen molar-refractivity contribution in [3.63, 3.8) is 0 Å². The van der Waals surface area contributed by atoms with Crippen LogP contribution in [0.15, 0.2) is 22.8 Å². The number of pyridine rings is 1. The quantitative estimate of drug-likeness (QED) is 0.844. The SMILES string of the molecule is CC(CN)C(=O)N1CCCC(C(=O)Nc2ccc(Br)cn2)C1. The summed E-state index contributed by atoms with van der Waals surface area (Å²) in [5.41, 5.74) is 5.55. The number of likely N-dealkylation sites (tertiary alicyclic amines) is 1. The summed E-state index contributed by atoms with van der Waals surface area (Å²) in [5.74, 6) is 0.0598. The highest BCUT2D eigenvalue weighted by Crippen LogP contribution is 2.20. The molecule has 1 aliphatic heterocycles. The van der Waals surface area contributed by atoms with E-state index < -0.39 is 0 Å². The van der Waals surface area contributed by atoms with Crippen molar-refractivity contribution in [2.45, 2.75) is 19.8 Å². The summed E-state index contributed by atoms with van der Waals surface area (Å²) >= 11 is 3.30. The smallest absolute Gasteiger partial charge is 0.230 e. The molecule has 2 heterocycles. The average molecular weight is 369 g/mol. The summed E-state index contributed by atoms with van der Waals surface area (Å²) in [5, 5.41) is 2.81. The second kappa shape index (κ2) is 7.69. The van der Waals surface area contributed by atoms with Crippen LogP contribution in [0.3, 0.4) is 0 Å². The van der Waals surface area contributed by atoms with E-state index in [2.05, 4.69) is 26.2 Å². The zero-order valence-corrected chi connectivity index (χ0v) is 14.2. The minimum absolute atomic E-state index is 0.0294. The van der Waals surface area contributed by atoms with Crippen LogP contribution < -0.4 is 11.1 Å². The van der Waals surface area contributed by atoms with Crippen molar-refractivity contribution in [1.29, 1.82) is 0 Å². The number of aromatic nitrogens is 1. The van der Waals surface area contributed by atoms with Gasteiger partial charge in [0, 0.05) is 36.2 Å². The van der Waals surface area contributed by atoms with Gasteiger partial charge in [0.05, 0.1) is 5.92 Å². The summed E-state index contributed by atoms with van der Waals surface area (Å²) < 4.78 is 0.857. The first kappa shape index (κ1) is 16.9. The number of nitrogens with two attached hydrogens (primary N) is 1. The monoisotopic (exact) mass is 368 g/mol. The van der Waals surface area contributed by atoms with Gasteiger partial charge < -0.3 is 16.0 Å². The van der Waals surface area contributed by atoms with Crippen molar-refractivity contribution in [1.82, 2.24) is 9.88 Å². The number of hydrogen-bond donors (Lipinski definition) is 2. The molecule has 7 heteroatoms. The molecule has 1 aliphatic rings. The highest BCUT2D eigenvalue weighted by molar-refractivity contribution is 9.10. The first-order chi connectivity index (χ1) is 10.5. The zero-order valence-electron chi connectivity index (χ0n) is 12.6. The Kier molecular flexibility index (Phi) is 5.90. The van der Waals surface area contributed by atoms with Gasteiger partial charge in [0.2, 0.25) is 11.8 Å². The maximum absolute atomic E-state index is 12.3. The Morgan fingerprint density at radius 1 is 1.55 bits per heavy atom. The number of rotatable bonds is 4. The van der Waals surface area contributed by atoms with Crippen LogP contribution in [0.5, 0.6) is 0 Å². The van der Waals surface area contributed by atoms with Gasteiger partial charge in [-0.2, -0.15) is 0 Å². The molecule has 120 valence electrons. The third-order valence-electron chi connectivity index (χ3n) is 3.86. The first-order valence-corrected chi connectivity index (χ1v) is 8.22. The minimum atomic E-state index is -0.201. The summed E-state index contributed by atoms with van der Waals surface area (Å²) in [6.45, 7) is 3.29. The van der Waals surface area contributed by atoms with Crippen LogP contribution in [0.4, 0.5) is 5.82 Å². The molecule has 6 nitrogen and oxygen atoms in total. The Bertz CT molecular complexity index is 535. The van der Waals surface area contributed by atoms with Crippen molar-refractivity contribution >= 4 is 33.6 Å². The second-order valence-electron chi connectivity index (χ2n) is 5.61. The van der Waals surface area contributed by atoms with Gasteiger partial charge in [0.1, 0.15) is 5.82 Å². The fourth-order valence-corrected chi connectivity index (χ4v) is 2.72. The molecule has 2 unspecified atom stereocenters. The fraction of sp³-hybridized carbons (Fsp3) is 0.533. The topological polar surface area (TPSA) is 88.3 Å². The molecule has 0 radical (unpaired) electrons. The molecule has 2 rings (SSSR count). The molecule has 22 heavy (non-hydrogen) atoms. The van der Waals surface area contributed by atoms with Crippen molar-refractivity contribution in [3.05, 3.63) is 22.8 Å². The van der Waals surface area contributed by atoms with Crippen molar-refractivity contribution in [2.24, 2.45) is 17.6 Å². The molecule has 3 N–H and O–H groups in total. The largest absolute Gasteiger partial charge is 0.342 e. The van der Waals surface area contributed by atoms with Gasteiger partial charge in [-0.15, -0.1) is 0 Å². The summed E-state index contributed by atoms with van der Waals surface area (Å²) in [7, 11) is 0. The van der Waals surface area contributed by atoms with E-state index in [0.717, 1.165) is 17.3 Å². The molecular weight excluding hydrogens is 348 g/mol. The number of carbonyl (C=O) groups is 2. The van der Waals surface area contributed by atoms with Crippen molar-refractivity contribution < 1.29 is 9.59 Å². The van der Waals surface area contributed by atoms with Crippen molar-refractivity contribution in [2.75, 3.05) is 25.0 Å². The standard InChI is InChI=1S/C15H21BrN4O2/c1-10(7-17)15(22)20-6-2-3-11(9-20)14(21)19-13-5-4-12(16)8-18-13/h4-5,8,10-11H,2-3,6-7,9,17H2,1H3,(H,18,19,21). The molecule has 0 aliphatic carbocycles. The van der Waals surface area contributed by atoms with E-state index in [4.69, 9.17) is 5.73 Å². The molecule has 2 atom stereocenters. The Balaban J connectivity index is 1.95. The van der Waals surface area contributed by atoms with E-state index in [-0.39, 0.29) is 23.7 Å². The minimum Gasteiger partial charge on any atom is -0.342 e. The van der Waals surface area contributed by atoms with Crippen LogP contribution in [0, 0.1) is 11.8 Å². The Morgan fingerprint density at radius 2 is 2.32 bits per heavy atom. The van der Waals surface area contributed by atoms with Crippen LogP contribution in [0.2, 0.25) is 0 Å². The Labute approximate surface area is 138 Å². The molecule has 1 aromatic heterocycles. The zero-order chi connectivity index (χ0) is 16.1. The van der Waals surface area contributed by atoms with Gasteiger partial charge >= 0.3 is 0 Å². The highest BCUT2D eigenvalue weighted by atomic mass is 79.9. The van der Waals surface area contributed by atoms with E-state index in [1.54, 1.807) is 17.2 Å². The highest BCUT2D eigenvalue weighted by Gasteiger charge is 2.30. The number of nitrogens with one attached hydrogen (secondary N) is 1. The van der Waals surface area contributed by atoms with Gasteiger partial charge in [0.25, 0.3) is 0 Å². The van der Waals surface area contributed by atoms with Gasteiger partial charge in [-0.3, -0.25) is 9.59 Å². The fourth-order valence-electron chi connectivity index (χ4n) is 2.48. The predicted octanol–water partition coefficient (Wildman–Crippen LogP) is 1.62. The Morgan fingerprint density at radius 3 is 2.95 bits per heavy atom. The van der Waals surface area contributed by atoms with Crippen LogP contribution >= 0.6 is 15.9 Å². The van der Waals surface area contributed by atoms with Gasteiger partial charge in [-0.25, -0.2) is 4.98 Å². The average Bonchev–Trinajstić information content (AvgIpc) is 2.55. The second-order valence-corrected chi connectivity index (χ2v) is 6.53.